The summed E-state index contributed by atoms with van der Waals surface area (Å²) in [7, 11) is -3.51. The third-order valence-electron chi connectivity index (χ3n) is 5.33. The lowest BCUT2D eigenvalue weighted by Gasteiger charge is -2.15. The maximum atomic E-state index is 12.5. The molecule has 29 heavy (non-hydrogen) atoms. The predicted molar refractivity (Wildman–Crippen MR) is 110 cm³/mol. The van der Waals surface area contributed by atoms with Gasteiger partial charge in [0, 0.05) is 23.5 Å². The van der Waals surface area contributed by atoms with Crippen LogP contribution in [-0.2, 0) is 22.9 Å². The van der Waals surface area contributed by atoms with E-state index in [0.29, 0.717) is 18.0 Å². The first kappa shape index (κ1) is 20.1. The van der Waals surface area contributed by atoms with Crippen LogP contribution in [0.25, 0.3) is 0 Å². The molecule has 2 aromatic rings. The third-order valence-corrected chi connectivity index (χ3v) is 8.48. The summed E-state index contributed by atoms with van der Waals surface area (Å²) in [6.45, 7) is 1.06. The number of rotatable bonds is 4. The highest BCUT2D eigenvalue weighted by Gasteiger charge is 2.27. The van der Waals surface area contributed by atoms with Gasteiger partial charge in [0.25, 0.3) is 11.8 Å². The number of hydrazine groups is 1. The lowest BCUT2D eigenvalue weighted by atomic mass is 9.99. The van der Waals surface area contributed by atoms with E-state index in [9.17, 15) is 18.0 Å². The summed E-state index contributed by atoms with van der Waals surface area (Å²) in [5, 5.41) is 0. The average molecular weight is 434 g/mol. The van der Waals surface area contributed by atoms with Crippen molar-refractivity contribution in [3.8, 4) is 0 Å². The zero-order chi connectivity index (χ0) is 20.4. The van der Waals surface area contributed by atoms with E-state index >= 15 is 0 Å². The number of nitrogens with zero attached hydrogens (tertiary/aromatic N) is 1. The summed E-state index contributed by atoms with van der Waals surface area (Å²) in [5.74, 6) is -0.837. The van der Waals surface area contributed by atoms with Crippen LogP contribution < -0.4 is 10.9 Å². The summed E-state index contributed by atoms with van der Waals surface area (Å²) in [4.78, 5) is 26.7. The van der Waals surface area contributed by atoms with Crippen LogP contribution >= 0.6 is 11.3 Å². The molecule has 0 unspecified atom stereocenters. The largest absolute Gasteiger partial charge is 0.279 e. The molecule has 2 aliphatic rings. The first-order chi connectivity index (χ1) is 13.9. The Bertz CT molecular complexity index is 999. The van der Waals surface area contributed by atoms with Crippen LogP contribution in [-0.4, -0.2) is 37.6 Å². The maximum absolute atomic E-state index is 12.5. The summed E-state index contributed by atoms with van der Waals surface area (Å²) in [6, 6.07) is 7.66. The Morgan fingerprint density at radius 3 is 2.24 bits per heavy atom. The van der Waals surface area contributed by atoms with Gasteiger partial charge in [0.1, 0.15) is 0 Å². The molecule has 1 aliphatic carbocycles. The first-order valence-electron chi connectivity index (χ1n) is 9.77. The lowest BCUT2D eigenvalue weighted by Crippen LogP contribution is -2.41. The number of amides is 2. The number of aryl methyl sites for hydroxylation is 2. The molecule has 0 saturated carbocycles. The second-order valence-corrected chi connectivity index (χ2v) is 10.4. The number of nitrogens with one attached hydrogen (secondary N) is 2. The molecule has 1 aromatic heterocycles. The fourth-order valence-electron chi connectivity index (χ4n) is 3.71. The van der Waals surface area contributed by atoms with E-state index in [1.54, 1.807) is 0 Å². The molecular weight excluding hydrogens is 410 g/mol. The maximum Gasteiger partial charge on any atom is 0.279 e. The zero-order valence-corrected chi connectivity index (χ0v) is 17.6. The SMILES string of the molecule is O=C(NNC(=O)c1cc2c(s1)CCCC2)c1ccc(S(=O)(=O)N2CCCC2)cc1. The minimum atomic E-state index is -3.51. The van der Waals surface area contributed by atoms with Crippen molar-refractivity contribution in [1.29, 1.82) is 0 Å². The number of benzene rings is 1. The van der Waals surface area contributed by atoms with Gasteiger partial charge in [-0.2, -0.15) is 4.31 Å². The number of carbonyl (C=O) groups excluding carboxylic acids is 2. The summed E-state index contributed by atoms with van der Waals surface area (Å²) >= 11 is 1.47. The van der Waals surface area contributed by atoms with Gasteiger partial charge in [0.05, 0.1) is 9.77 Å². The molecule has 4 rings (SSSR count). The number of hydrogen-bond acceptors (Lipinski definition) is 5. The quantitative estimate of drug-likeness (QED) is 0.724. The van der Waals surface area contributed by atoms with Gasteiger partial charge in [-0.3, -0.25) is 20.4 Å². The smallest absolute Gasteiger partial charge is 0.267 e. The van der Waals surface area contributed by atoms with Crippen molar-refractivity contribution in [1.82, 2.24) is 15.2 Å². The van der Waals surface area contributed by atoms with Crippen LogP contribution in [0.5, 0.6) is 0 Å². The Morgan fingerprint density at radius 1 is 0.897 bits per heavy atom. The molecule has 1 aromatic carbocycles. The van der Waals surface area contributed by atoms with Crippen molar-refractivity contribution in [2.24, 2.45) is 0 Å². The molecule has 2 N–H and O–H groups in total. The van der Waals surface area contributed by atoms with Crippen molar-refractivity contribution in [3.05, 3.63) is 51.2 Å². The molecule has 0 atom stereocenters. The normalized spacial score (nSPS) is 17.0. The lowest BCUT2D eigenvalue weighted by molar-refractivity contribution is 0.0849. The van der Waals surface area contributed by atoms with Gasteiger partial charge in [0.15, 0.2) is 0 Å². The topological polar surface area (TPSA) is 95.6 Å². The number of sulfonamides is 1. The number of thiophene rings is 1. The van der Waals surface area contributed by atoms with Crippen molar-refractivity contribution in [2.75, 3.05) is 13.1 Å². The molecule has 0 radical (unpaired) electrons. The predicted octanol–water partition coefficient (Wildman–Crippen LogP) is 2.49. The van der Waals surface area contributed by atoms with Gasteiger partial charge < -0.3 is 0 Å². The standard InChI is InChI=1S/C20H23N3O4S2/c24-19(21-22-20(25)18-13-15-5-1-2-6-17(15)28-18)14-7-9-16(10-8-14)29(26,27)23-11-3-4-12-23/h7-10,13H,1-6,11-12H2,(H,21,24)(H,22,25). The van der Waals surface area contributed by atoms with Crippen molar-refractivity contribution < 1.29 is 18.0 Å². The van der Waals surface area contributed by atoms with Crippen LogP contribution in [0.4, 0.5) is 0 Å². The van der Waals surface area contributed by atoms with Gasteiger partial charge >= 0.3 is 0 Å². The van der Waals surface area contributed by atoms with E-state index in [1.807, 2.05) is 6.07 Å². The average Bonchev–Trinajstić information content (AvgIpc) is 3.42. The molecular formula is C20H23N3O4S2. The van der Waals surface area contributed by atoms with E-state index in [1.165, 1.54) is 50.3 Å². The minimum Gasteiger partial charge on any atom is -0.267 e. The number of hydrogen-bond donors (Lipinski definition) is 2. The van der Waals surface area contributed by atoms with Crippen molar-refractivity contribution in [3.63, 3.8) is 0 Å². The highest BCUT2D eigenvalue weighted by molar-refractivity contribution is 7.89. The molecule has 154 valence electrons. The van der Waals surface area contributed by atoms with Gasteiger partial charge in [0.2, 0.25) is 10.0 Å². The monoisotopic (exact) mass is 433 g/mol. The van der Waals surface area contributed by atoms with Crippen LogP contribution in [0.15, 0.2) is 35.2 Å². The number of carbonyl (C=O) groups is 2. The summed E-state index contributed by atoms with van der Waals surface area (Å²) in [5.41, 5.74) is 6.34. The molecule has 7 nitrogen and oxygen atoms in total. The molecule has 0 bridgehead atoms. The van der Waals surface area contributed by atoms with Crippen LogP contribution in [0.2, 0.25) is 0 Å². The molecule has 1 saturated heterocycles. The van der Waals surface area contributed by atoms with Crippen molar-refractivity contribution in [2.45, 2.75) is 43.4 Å². The molecule has 1 fully saturated rings. The van der Waals surface area contributed by atoms with E-state index in [0.717, 1.165) is 38.5 Å². The highest BCUT2D eigenvalue weighted by Crippen LogP contribution is 2.29. The molecule has 1 aliphatic heterocycles. The van der Waals surface area contributed by atoms with Gasteiger partial charge in [-0.05, 0) is 74.4 Å². The highest BCUT2D eigenvalue weighted by atomic mass is 32.2. The Kier molecular flexibility index (Phi) is 5.71. The van der Waals surface area contributed by atoms with Crippen LogP contribution in [0.3, 0.4) is 0 Å². The Labute approximate surface area is 174 Å². The van der Waals surface area contributed by atoms with Gasteiger partial charge in [-0.1, -0.05) is 0 Å². The van der Waals surface area contributed by atoms with Crippen LogP contribution in [0.1, 0.15) is 56.2 Å². The second-order valence-electron chi connectivity index (χ2n) is 7.31. The fourth-order valence-corrected chi connectivity index (χ4v) is 6.37. The molecule has 9 heteroatoms. The Morgan fingerprint density at radius 2 is 1.55 bits per heavy atom. The molecule has 2 amide bonds. The Hall–Kier alpha value is -2.23. The first-order valence-corrected chi connectivity index (χ1v) is 12.0. The minimum absolute atomic E-state index is 0.171. The van der Waals surface area contributed by atoms with Gasteiger partial charge in [-0.25, -0.2) is 8.42 Å². The molecule has 2 heterocycles. The van der Waals surface area contributed by atoms with Crippen molar-refractivity contribution >= 4 is 33.2 Å². The summed E-state index contributed by atoms with van der Waals surface area (Å²) in [6.07, 6.45) is 6.03. The Balaban J connectivity index is 1.37. The third kappa shape index (κ3) is 4.22. The van der Waals surface area contributed by atoms with E-state index < -0.39 is 15.9 Å². The van der Waals surface area contributed by atoms with Gasteiger partial charge in [-0.15, -0.1) is 11.3 Å². The second kappa shape index (κ2) is 8.25. The fraction of sp³-hybridized carbons (Fsp3) is 0.400. The summed E-state index contributed by atoms with van der Waals surface area (Å²) < 4.78 is 26.5. The van der Waals surface area contributed by atoms with E-state index in [2.05, 4.69) is 10.9 Å². The molecule has 0 spiro atoms. The van der Waals surface area contributed by atoms with E-state index in [4.69, 9.17) is 0 Å². The zero-order valence-electron chi connectivity index (χ0n) is 15.9. The number of fused-ring (bicyclic) bond motifs is 1. The van der Waals surface area contributed by atoms with Crippen LogP contribution in [0, 0.1) is 0 Å². The van der Waals surface area contributed by atoms with E-state index in [-0.39, 0.29) is 16.4 Å².